The molecule has 0 fully saturated rings. The summed E-state index contributed by atoms with van der Waals surface area (Å²) in [6.07, 6.45) is 5.03. The van der Waals surface area contributed by atoms with E-state index in [1.807, 2.05) is 24.3 Å². The summed E-state index contributed by atoms with van der Waals surface area (Å²) in [6.45, 7) is 5.62. The van der Waals surface area contributed by atoms with Crippen LogP contribution < -0.4 is 15.8 Å². The van der Waals surface area contributed by atoms with Gasteiger partial charge in [0.25, 0.3) is 5.91 Å². The van der Waals surface area contributed by atoms with Gasteiger partial charge in [0, 0.05) is 12.1 Å². The fourth-order valence-corrected chi connectivity index (χ4v) is 2.79. The number of nitrogens with two attached hydrogens (primary N) is 1. The van der Waals surface area contributed by atoms with Gasteiger partial charge in [-0.25, -0.2) is 0 Å². The van der Waals surface area contributed by atoms with Crippen molar-refractivity contribution in [3.63, 3.8) is 0 Å². The number of carbonyl (C=O) groups is 1. The van der Waals surface area contributed by atoms with E-state index in [1.54, 1.807) is 0 Å². The van der Waals surface area contributed by atoms with Gasteiger partial charge in [-0.3, -0.25) is 4.79 Å². The first kappa shape index (κ1) is 20.0. The fourth-order valence-electron chi connectivity index (χ4n) is 2.31. The molecule has 23 heavy (non-hydrogen) atoms. The molecule has 0 saturated heterocycles. The Bertz CT molecular complexity index is 468. The minimum atomic E-state index is -0.0536. The number of ether oxygens (including phenoxy) is 1. The number of hydrogen-bond acceptors (Lipinski definition) is 3. The van der Waals surface area contributed by atoms with E-state index < -0.39 is 0 Å². The highest BCUT2D eigenvalue weighted by molar-refractivity contribution is 9.09. The van der Waals surface area contributed by atoms with Crippen LogP contribution in [0.25, 0.3) is 0 Å². The van der Waals surface area contributed by atoms with Crippen LogP contribution in [0, 0.1) is 0 Å². The molecule has 1 amide bonds. The summed E-state index contributed by atoms with van der Waals surface area (Å²) < 4.78 is 6.02. The average Bonchev–Trinajstić information content (AvgIpc) is 2.58. The third-order valence-corrected chi connectivity index (χ3v) is 4.98. The summed E-state index contributed by atoms with van der Waals surface area (Å²) >= 11 is 3.65. The van der Waals surface area contributed by atoms with Gasteiger partial charge in [0.05, 0.1) is 4.83 Å². The normalized spacial score (nSPS) is 13.4. The molecule has 130 valence electrons. The molecule has 2 atom stereocenters. The van der Waals surface area contributed by atoms with E-state index in [4.69, 9.17) is 10.5 Å². The van der Waals surface area contributed by atoms with Crippen molar-refractivity contribution in [2.45, 2.75) is 56.9 Å². The number of benzene rings is 1. The van der Waals surface area contributed by atoms with Gasteiger partial charge in [-0.2, -0.15) is 0 Å². The minimum absolute atomic E-state index is 0.0536. The smallest absolute Gasteiger partial charge is 0.251 e. The van der Waals surface area contributed by atoms with Crippen molar-refractivity contribution in [2.75, 3.05) is 13.1 Å². The van der Waals surface area contributed by atoms with E-state index in [0.717, 1.165) is 37.9 Å². The first-order valence-electron chi connectivity index (χ1n) is 8.51. The fraction of sp³-hybridized carbons (Fsp3) is 0.611. The summed E-state index contributed by atoms with van der Waals surface area (Å²) in [4.78, 5) is 12.5. The number of alkyl halides is 1. The van der Waals surface area contributed by atoms with Gasteiger partial charge in [0.2, 0.25) is 0 Å². The predicted molar refractivity (Wildman–Crippen MR) is 99.4 cm³/mol. The lowest BCUT2D eigenvalue weighted by Gasteiger charge is -2.22. The third-order valence-electron chi connectivity index (χ3n) is 3.75. The zero-order chi connectivity index (χ0) is 17.1. The number of rotatable bonds is 11. The van der Waals surface area contributed by atoms with Crippen LogP contribution in [0.3, 0.4) is 0 Å². The Labute approximate surface area is 148 Å². The van der Waals surface area contributed by atoms with Crippen LogP contribution in [0.4, 0.5) is 0 Å². The number of hydrogen-bond donors (Lipinski definition) is 2. The van der Waals surface area contributed by atoms with E-state index >= 15 is 0 Å². The van der Waals surface area contributed by atoms with Crippen LogP contribution in [0.1, 0.15) is 56.3 Å². The summed E-state index contributed by atoms with van der Waals surface area (Å²) in [6, 6.07) is 7.39. The first-order valence-corrected chi connectivity index (χ1v) is 9.43. The summed E-state index contributed by atoms with van der Waals surface area (Å²) in [5.41, 5.74) is 6.09. The third kappa shape index (κ3) is 7.36. The first-order chi connectivity index (χ1) is 11.1. The molecule has 0 heterocycles. The van der Waals surface area contributed by atoms with Crippen molar-refractivity contribution < 1.29 is 9.53 Å². The van der Waals surface area contributed by atoms with Crippen LogP contribution >= 0.6 is 15.9 Å². The topological polar surface area (TPSA) is 64.3 Å². The Morgan fingerprint density at radius 2 is 2.04 bits per heavy atom. The second-order valence-electron chi connectivity index (χ2n) is 5.62. The highest BCUT2D eigenvalue weighted by Crippen LogP contribution is 2.21. The van der Waals surface area contributed by atoms with E-state index in [-0.39, 0.29) is 12.0 Å². The van der Waals surface area contributed by atoms with Gasteiger partial charge in [-0.05, 0) is 50.4 Å². The van der Waals surface area contributed by atoms with Gasteiger partial charge in [0.1, 0.15) is 11.9 Å². The lowest BCUT2D eigenvalue weighted by atomic mass is 10.1. The molecule has 0 aromatic heterocycles. The minimum Gasteiger partial charge on any atom is -0.489 e. The molecule has 0 aliphatic rings. The number of amides is 1. The van der Waals surface area contributed by atoms with Gasteiger partial charge in [0.15, 0.2) is 0 Å². The van der Waals surface area contributed by atoms with Crippen molar-refractivity contribution in [3.8, 4) is 5.75 Å². The molecule has 0 spiro atoms. The van der Waals surface area contributed by atoms with Crippen molar-refractivity contribution in [1.29, 1.82) is 0 Å². The zero-order valence-electron chi connectivity index (χ0n) is 14.2. The highest BCUT2D eigenvalue weighted by atomic mass is 79.9. The number of nitrogens with one attached hydrogen (secondary N) is 1. The molecule has 1 rings (SSSR count). The van der Waals surface area contributed by atoms with Crippen molar-refractivity contribution >= 4 is 21.8 Å². The molecule has 0 aliphatic carbocycles. The monoisotopic (exact) mass is 384 g/mol. The van der Waals surface area contributed by atoms with Crippen LogP contribution in [0.5, 0.6) is 5.75 Å². The molecule has 5 heteroatoms. The SMILES string of the molecule is CCC(Br)C(CC)Oc1cccc(C(=O)NCCCCCN)c1. The second-order valence-corrected chi connectivity index (χ2v) is 6.80. The molecule has 3 N–H and O–H groups in total. The lowest BCUT2D eigenvalue weighted by molar-refractivity contribution is 0.0952. The number of unbranched alkanes of at least 4 members (excludes halogenated alkanes) is 2. The predicted octanol–water partition coefficient (Wildman–Crippen LogP) is 3.88. The molecule has 1 aromatic carbocycles. The van der Waals surface area contributed by atoms with E-state index in [2.05, 4.69) is 35.1 Å². The zero-order valence-corrected chi connectivity index (χ0v) is 15.8. The standard InChI is InChI=1S/C18H29BrN2O2/c1-3-16(19)17(4-2)23-15-10-8-9-14(13-15)18(22)21-12-7-5-6-11-20/h8-10,13,16-17H,3-7,11-12,20H2,1-2H3,(H,21,22). The van der Waals surface area contributed by atoms with Gasteiger partial charge in [-0.1, -0.05) is 42.3 Å². The van der Waals surface area contributed by atoms with Crippen LogP contribution in [-0.4, -0.2) is 29.9 Å². The molecule has 0 bridgehead atoms. The largest absolute Gasteiger partial charge is 0.489 e. The maximum atomic E-state index is 12.2. The van der Waals surface area contributed by atoms with E-state index in [9.17, 15) is 4.79 Å². The number of carbonyl (C=O) groups excluding carboxylic acids is 1. The molecule has 1 aromatic rings. The molecular weight excluding hydrogens is 356 g/mol. The van der Waals surface area contributed by atoms with Crippen molar-refractivity contribution in [3.05, 3.63) is 29.8 Å². The Morgan fingerprint density at radius 1 is 1.26 bits per heavy atom. The van der Waals surface area contributed by atoms with Crippen LogP contribution in [0.15, 0.2) is 24.3 Å². The van der Waals surface area contributed by atoms with Gasteiger partial charge < -0.3 is 15.8 Å². The van der Waals surface area contributed by atoms with E-state index in [0.29, 0.717) is 23.5 Å². The Kier molecular flexibility index (Phi) is 9.96. The lowest BCUT2D eigenvalue weighted by Crippen LogP contribution is -2.27. The quantitative estimate of drug-likeness (QED) is 0.449. The summed E-state index contributed by atoms with van der Waals surface area (Å²) in [5, 5.41) is 2.94. The van der Waals surface area contributed by atoms with Crippen molar-refractivity contribution in [2.24, 2.45) is 5.73 Å². The average molecular weight is 385 g/mol. The van der Waals surface area contributed by atoms with Crippen molar-refractivity contribution in [1.82, 2.24) is 5.32 Å². The molecule has 0 radical (unpaired) electrons. The summed E-state index contributed by atoms with van der Waals surface area (Å²) in [7, 11) is 0. The number of halogens is 1. The maximum Gasteiger partial charge on any atom is 0.251 e. The Hall–Kier alpha value is -1.07. The Balaban J connectivity index is 2.56. The van der Waals surface area contributed by atoms with Crippen LogP contribution in [-0.2, 0) is 0 Å². The van der Waals surface area contributed by atoms with Gasteiger partial charge in [-0.15, -0.1) is 0 Å². The molecule has 4 nitrogen and oxygen atoms in total. The Morgan fingerprint density at radius 3 is 2.70 bits per heavy atom. The van der Waals surface area contributed by atoms with Gasteiger partial charge >= 0.3 is 0 Å². The summed E-state index contributed by atoms with van der Waals surface area (Å²) in [5.74, 6) is 0.688. The highest BCUT2D eigenvalue weighted by Gasteiger charge is 2.17. The molecule has 0 saturated carbocycles. The van der Waals surface area contributed by atoms with Crippen LogP contribution in [0.2, 0.25) is 0 Å². The molecule has 2 unspecified atom stereocenters. The molecule has 0 aliphatic heterocycles. The van der Waals surface area contributed by atoms with E-state index in [1.165, 1.54) is 0 Å². The maximum absolute atomic E-state index is 12.2. The molecular formula is C18H29BrN2O2. The second kappa shape index (κ2) is 11.5.